The molecule has 2 nitrogen and oxygen atoms in total. The van der Waals surface area contributed by atoms with Gasteiger partial charge in [0.25, 0.3) is 5.92 Å². The molecule has 1 aliphatic carbocycles. The number of halogens is 3. The van der Waals surface area contributed by atoms with Gasteiger partial charge in [-0.15, -0.1) is 0 Å². The molecule has 0 aliphatic heterocycles. The van der Waals surface area contributed by atoms with E-state index < -0.39 is 11.7 Å². The lowest BCUT2D eigenvalue weighted by atomic mass is 10.0. The van der Waals surface area contributed by atoms with Gasteiger partial charge in [0.15, 0.2) is 0 Å². The van der Waals surface area contributed by atoms with Gasteiger partial charge in [0.05, 0.1) is 0 Å². The van der Waals surface area contributed by atoms with Gasteiger partial charge in [0.2, 0.25) is 0 Å². The number of hydrogen-bond acceptors (Lipinski definition) is 3. The van der Waals surface area contributed by atoms with E-state index in [-0.39, 0.29) is 12.8 Å². The Balaban J connectivity index is 0.000000386. The highest BCUT2D eigenvalue weighted by Gasteiger charge is 2.38. The quantitative estimate of drug-likeness (QED) is 0.695. The third kappa shape index (κ3) is 3.13. The van der Waals surface area contributed by atoms with Gasteiger partial charge < -0.3 is 0 Å². The van der Waals surface area contributed by atoms with Crippen LogP contribution in [0.15, 0.2) is 12.1 Å². The number of alkyl halides is 2. The van der Waals surface area contributed by atoms with Crippen LogP contribution in [0.2, 0.25) is 0 Å². The van der Waals surface area contributed by atoms with Gasteiger partial charge in [0.1, 0.15) is 5.82 Å². The van der Waals surface area contributed by atoms with Gasteiger partial charge in [-0.05, 0) is 47.9 Å². The van der Waals surface area contributed by atoms with E-state index in [9.17, 15) is 13.2 Å². The SMILES string of the molecule is Cc1cc(F)cc2c1CC(F)(F)C2.NSN. The highest BCUT2D eigenvalue weighted by Crippen LogP contribution is 2.36. The van der Waals surface area contributed by atoms with Crippen LogP contribution in [-0.2, 0) is 12.8 Å². The van der Waals surface area contributed by atoms with E-state index in [1.165, 1.54) is 12.1 Å². The Morgan fingerprint density at radius 1 is 1.25 bits per heavy atom. The van der Waals surface area contributed by atoms with E-state index in [0.717, 1.165) is 12.1 Å². The second-order valence-corrected chi connectivity index (χ2v) is 3.98. The van der Waals surface area contributed by atoms with Crippen molar-refractivity contribution in [1.29, 1.82) is 0 Å². The molecule has 0 amide bonds. The molecule has 6 heteroatoms. The molecular formula is C10H13F3N2S. The lowest BCUT2D eigenvalue weighted by molar-refractivity contribution is 0.0129. The zero-order valence-electron chi connectivity index (χ0n) is 8.77. The summed E-state index contributed by atoms with van der Waals surface area (Å²) in [6.07, 6.45) is -0.560. The van der Waals surface area contributed by atoms with E-state index in [1.54, 1.807) is 6.92 Å². The number of hydrogen-bond donors (Lipinski definition) is 2. The van der Waals surface area contributed by atoms with Crippen LogP contribution in [0.5, 0.6) is 0 Å². The minimum atomic E-state index is -2.68. The minimum Gasteiger partial charge on any atom is -0.265 e. The summed E-state index contributed by atoms with van der Waals surface area (Å²) in [5.41, 5.74) is 1.71. The highest BCUT2D eigenvalue weighted by atomic mass is 32.2. The standard InChI is InChI=1S/C10H9F3.H4N2S/c1-6-2-8(11)3-7-4-10(12,13)5-9(6)7;1-3-2/h2-3H,4-5H2,1H3;1-2H2. The third-order valence-corrected chi connectivity index (χ3v) is 2.41. The molecule has 1 aliphatic rings. The molecular weight excluding hydrogens is 237 g/mol. The fourth-order valence-electron chi connectivity index (χ4n) is 1.85. The maximum atomic E-state index is 12.9. The molecule has 1 aromatic rings. The Morgan fingerprint density at radius 3 is 2.38 bits per heavy atom. The van der Waals surface area contributed by atoms with Gasteiger partial charge >= 0.3 is 0 Å². The zero-order valence-corrected chi connectivity index (χ0v) is 9.58. The molecule has 0 unspecified atom stereocenters. The minimum absolute atomic E-state index is 0.242. The van der Waals surface area contributed by atoms with Crippen molar-refractivity contribution in [1.82, 2.24) is 0 Å². The maximum absolute atomic E-state index is 12.9. The summed E-state index contributed by atoms with van der Waals surface area (Å²) in [5.74, 6) is -3.10. The van der Waals surface area contributed by atoms with Crippen LogP contribution in [0.1, 0.15) is 16.7 Å². The number of benzene rings is 1. The average Bonchev–Trinajstić information content (AvgIpc) is 2.41. The third-order valence-electron chi connectivity index (χ3n) is 2.41. The van der Waals surface area contributed by atoms with Crippen LogP contribution in [0.3, 0.4) is 0 Å². The fourth-order valence-corrected chi connectivity index (χ4v) is 1.85. The summed E-state index contributed by atoms with van der Waals surface area (Å²) in [5, 5.41) is 9.08. The normalized spacial score (nSPS) is 16.4. The van der Waals surface area contributed by atoms with Crippen molar-refractivity contribution in [3.05, 3.63) is 34.6 Å². The Hall–Kier alpha value is -0.720. The van der Waals surface area contributed by atoms with Crippen molar-refractivity contribution in [2.45, 2.75) is 25.7 Å². The van der Waals surface area contributed by atoms with Crippen LogP contribution in [-0.4, -0.2) is 5.92 Å². The Kier molecular flexibility index (Phi) is 4.23. The Labute approximate surface area is 96.5 Å². The molecule has 0 aromatic heterocycles. The first kappa shape index (κ1) is 13.3. The first-order valence-electron chi connectivity index (χ1n) is 4.61. The fraction of sp³-hybridized carbons (Fsp3) is 0.400. The van der Waals surface area contributed by atoms with E-state index in [2.05, 4.69) is 10.3 Å². The molecule has 2 rings (SSSR count). The van der Waals surface area contributed by atoms with E-state index in [0.29, 0.717) is 16.7 Å². The van der Waals surface area contributed by atoms with Crippen LogP contribution in [0.4, 0.5) is 13.2 Å². The van der Waals surface area contributed by atoms with Gasteiger partial charge in [0, 0.05) is 12.8 Å². The topological polar surface area (TPSA) is 52.0 Å². The van der Waals surface area contributed by atoms with Crippen molar-refractivity contribution >= 4 is 12.1 Å². The van der Waals surface area contributed by atoms with E-state index >= 15 is 0 Å². The van der Waals surface area contributed by atoms with Crippen molar-refractivity contribution in [3.63, 3.8) is 0 Å². The second kappa shape index (κ2) is 5.07. The molecule has 4 N–H and O–H groups in total. The largest absolute Gasteiger partial charge is 0.265 e. The molecule has 0 bridgehead atoms. The molecule has 90 valence electrons. The van der Waals surface area contributed by atoms with Crippen LogP contribution < -0.4 is 10.3 Å². The Bertz CT molecular complexity index is 383. The number of nitrogens with two attached hydrogens (primary N) is 2. The molecule has 0 saturated carbocycles. The molecule has 16 heavy (non-hydrogen) atoms. The number of rotatable bonds is 0. The lowest BCUT2D eigenvalue weighted by Gasteiger charge is -2.04. The van der Waals surface area contributed by atoms with Gasteiger partial charge in [-0.3, -0.25) is 10.3 Å². The predicted octanol–water partition coefficient (Wildman–Crippen LogP) is 2.34. The average molecular weight is 250 g/mol. The van der Waals surface area contributed by atoms with Crippen LogP contribution in [0, 0.1) is 12.7 Å². The van der Waals surface area contributed by atoms with Gasteiger partial charge in [-0.1, -0.05) is 0 Å². The molecule has 0 spiro atoms. The summed E-state index contributed by atoms with van der Waals surface area (Å²) in [7, 11) is 0. The smallest absolute Gasteiger partial charge is 0.256 e. The number of fused-ring (bicyclic) bond motifs is 1. The van der Waals surface area contributed by atoms with Crippen molar-refractivity contribution < 1.29 is 13.2 Å². The zero-order chi connectivity index (χ0) is 12.3. The van der Waals surface area contributed by atoms with Gasteiger partial charge in [-0.25, -0.2) is 13.2 Å². The first-order valence-corrected chi connectivity index (χ1v) is 5.55. The molecule has 0 saturated heterocycles. The van der Waals surface area contributed by atoms with Crippen LogP contribution in [0.25, 0.3) is 0 Å². The molecule has 0 radical (unpaired) electrons. The van der Waals surface area contributed by atoms with E-state index in [1.807, 2.05) is 0 Å². The summed E-state index contributed by atoms with van der Waals surface area (Å²) in [4.78, 5) is 0. The van der Waals surface area contributed by atoms with Crippen molar-refractivity contribution in [2.24, 2.45) is 10.3 Å². The lowest BCUT2D eigenvalue weighted by Crippen LogP contribution is -2.14. The summed E-state index contributed by atoms with van der Waals surface area (Å²) in [6, 6.07) is 2.52. The molecule has 0 heterocycles. The summed E-state index contributed by atoms with van der Waals surface area (Å²) in [6.45, 7) is 1.67. The summed E-state index contributed by atoms with van der Waals surface area (Å²) < 4.78 is 38.7. The molecule has 1 aromatic carbocycles. The van der Waals surface area contributed by atoms with Gasteiger partial charge in [-0.2, -0.15) is 0 Å². The highest BCUT2D eigenvalue weighted by molar-refractivity contribution is 7.94. The van der Waals surface area contributed by atoms with E-state index in [4.69, 9.17) is 0 Å². The summed E-state index contributed by atoms with van der Waals surface area (Å²) >= 11 is 0.750. The number of aryl methyl sites for hydroxylation is 1. The molecule has 0 atom stereocenters. The van der Waals surface area contributed by atoms with Crippen LogP contribution >= 0.6 is 12.1 Å². The maximum Gasteiger partial charge on any atom is 0.256 e. The first-order chi connectivity index (χ1) is 7.39. The van der Waals surface area contributed by atoms with Crippen molar-refractivity contribution in [3.8, 4) is 0 Å². The molecule has 0 fully saturated rings. The monoisotopic (exact) mass is 250 g/mol. The Morgan fingerprint density at radius 2 is 1.81 bits per heavy atom. The van der Waals surface area contributed by atoms with Crippen molar-refractivity contribution in [2.75, 3.05) is 0 Å². The second-order valence-electron chi connectivity index (χ2n) is 3.71. The predicted molar refractivity (Wildman–Crippen MR) is 59.5 cm³/mol.